The number of likely N-dealkylation sites (tertiary alicyclic amines) is 1. The Balaban J connectivity index is 1.62. The third-order valence-electron chi connectivity index (χ3n) is 2.98. The summed E-state index contributed by atoms with van der Waals surface area (Å²) >= 11 is 1.58. The second-order valence-corrected chi connectivity index (χ2v) is 5.17. The summed E-state index contributed by atoms with van der Waals surface area (Å²) in [6.07, 6.45) is 2.26. The number of nitrogens with zero attached hydrogens (tertiary/aromatic N) is 3. The molecule has 5 nitrogen and oxygen atoms in total. The van der Waals surface area contributed by atoms with Crippen molar-refractivity contribution in [3.8, 4) is 10.7 Å². The van der Waals surface area contributed by atoms with Gasteiger partial charge in [-0.05, 0) is 17.9 Å². The van der Waals surface area contributed by atoms with Crippen LogP contribution in [0.5, 0.6) is 0 Å². The van der Waals surface area contributed by atoms with Crippen molar-refractivity contribution >= 4 is 17.2 Å². The molecule has 1 fully saturated rings. The van der Waals surface area contributed by atoms with Crippen LogP contribution in [0.3, 0.4) is 0 Å². The van der Waals surface area contributed by atoms with Gasteiger partial charge in [-0.3, -0.25) is 4.79 Å². The molecule has 1 amide bonds. The average Bonchev–Trinajstić information content (AvgIpc) is 3.08. The summed E-state index contributed by atoms with van der Waals surface area (Å²) in [6.45, 7) is 1.52. The predicted octanol–water partition coefficient (Wildman–Crippen LogP) is 1.96. The zero-order valence-electron chi connectivity index (χ0n) is 9.83. The summed E-state index contributed by atoms with van der Waals surface area (Å²) in [5.74, 6) is 1.46. The molecule has 6 heteroatoms. The van der Waals surface area contributed by atoms with Crippen LogP contribution in [0.1, 0.15) is 18.7 Å². The van der Waals surface area contributed by atoms with E-state index in [4.69, 9.17) is 4.52 Å². The number of carbonyl (C=O) groups excluding carboxylic acids is 1. The van der Waals surface area contributed by atoms with Crippen LogP contribution in [0.15, 0.2) is 22.0 Å². The maximum atomic E-state index is 11.4. The quantitative estimate of drug-likeness (QED) is 0.846. The van der Waals surface area contributed by atoms with E-state index < -0.39 is 0 Å². The number of amides is 1. The highest BCUT2D eigenvalue weighted by molar-refractivity contribution is 7.13. The summed E-state index contributed by atoms with van der Waals surface area (Å²) < 4.78 is 5.19. The Labute approximate surface area is 108 Å². The molecule has 94 valence electrons. The molecule has 1 aliphatic rings. The minimum atomic E-state index is 0.230. The van der Waals surface area contributed by atoms with Gasteiger partial charge in [0.25, 0.3) is 0 Å². The first-order valence-corrected chi connectivity index (χ1v) is 6.85. The summed E-state index contributed by atoms with van der Waals surface area (Å²) in [4.78, 5) is 18.6. The molecule has 2 aromatic heterocycles. The molecule has 3 heterocycles. The maximum absolute atomic E-state index is 11.4. The number of hydrogen-bond donors (Lipinski definition) is 0. The Hall–Kier alpha value is -1.69. The van der Waals surface area contributed by atoms with Crippen LogP contribution in [0.2, 0.25) is 0 Å². The van der Waals surface area contributed by atoms with Crippen molar-refractivity contribution in [1.29, 1.82) is 0 Å². The van der Waals surface area contributed by atoms with E-state index in [1.807, 2.05) is 22.4 Å². The Morgan fingerprint density at radius 3 is 3.17 bits per heavy atom. The number of hydrogen-bond acceptors (Lipinski definition) is 5. The zero-order valence-corrected chi connectivity index (χ0v) is 10.7. The van der Waals surface area contributed by atoms with Crippen LogP contribution in [-0.2, 0) is 11.2 Å². The first-order valence-electron chi connectivity index (χ1n) is 5.97. The van der Waals surface area contributed by atoms with Crippen molar-refractivity contribution in [3.05, 3.63) is 23.4 Å². The third kappa shape index (κ3) is 2.28. The highest BCUT2D eigenvalue weighted by Crippen LogP contribution is 2.21. The minimum Gasteiger partial charge on any atom is -0.342 e. The lowest BCUT2D eigenvalue weighted by molar-refractivity contribution is -0.127. The molecule has 1 aliphatic heterocycles. The molecule has 1 saturated heterocycles. The van der Waals surface area contributed by atoms with E-state index in [1.165, 1.54) is 0 Å². The largest absolute Gasteiger partial charge is 0.342 e. The van der Waals surface area contributed by atoms with E-state index in [9.17, 15) is 4.79 Å². The number of aromatic nitrogens is 2. The first-order chi connectivity index (χ1) is 8.83. The molecule has 0 aromatic carbocycles. The lowest BCUT2D eigenvalue weighted by atomic mass is 10.4. The van der Waals surface area contributed by atoms with Crippen molar-refractivity contribution in [3.63, 3.8) is 0 Å². The van der Waals surface area contributed by atoms with E-state index in [0.29, 0.717) is 31.1 Å². The van der Waals surface area contributed by atoms with E-state index >= 15 is 0 Å². The fourth-order valence-corrected chi connectivity index (χ4v) is 2.68. The average molecular weight is 263 g/mol. The lowest BCUT2D eigenvalue weighted by Crippen LogP contribution is -2.26. The molecule has 18 heavy (non-hydrogen) atoms. The number of rotatable bonds is 4. The van der Waals surface area contributed by atoms with Gasteiger partial charge >= 0.3 is 0 Å². The van der Waals surface area contributed by atoms with Gasteiger partial charge in [0.05, 0.1) is 4.88 Å². The smallest absolute Gasteiger partial charge is 0.228 e. The van der Waals surface area contributed by atoms with Gasteiger partial charge in [0.2, 0.25) is 17.6 Å². The maximum Gasteiger partial charge on any atom is 0.228 e. The molecule has 2 aromatic rings. The predicted molar refractivity (Wildman–Crippen MR) is 67.1 cm³/mol. The van der Waals surface area contributed by atoms with Crippen LogP contribution in [-0.4, -0.2) is 34.0 Å². The Morgan fingerprint density at radius 2 is 2.44 bits per heavy atom. The Morgan fingerprint density at radius 1 is 1.50 bits per heavy atom. The molecule has 0 saturated carbocycles. The van der Waals surface area contributed by atoms with Crippen molar-refractivity contribution < 1.29 is 9.32 Å². The number of thiophene rings is 1. The Bertz CT molecular complexity index is 535. The molecular formula is C12H13N3O2S. The van der Waals surface area contributed by atoms with Gasteiger partial charge in [-0.25, -0.2) is 0 Å². The van der Waals surface area contributed by atoms with Crippen molar-refractivity contribution in [2.75, 3.05) is 13.1 Å². The second kappa shape index (κ2) is 4.89. The van der Waals surface area contributed by atoms with Gasteiger partial charge < -0.3 is 9.42 Å². The summed E-state index contributed by atoms with van der Waals surface area (Å²) in [7, 11) is 0. The minimum absolute atomic E-state index is 0.230. The molecule has 0 unspecified atom stereocenters. The van der Waals surface area contributed by atoms with Crippen molar-refractivity contribution in [2.24, 2.45) is 0 Å². The van der Waals surface area contributed by atoms with Crippen LogP contribution in [0.25, 0.3) is 10.7 Å². The number of carbonyl (C=O) groups is 1. The monoisotopic (exact) mass is 263 g/mol. The van der Waals surface area contributed by atoms with Gasteiger partial charge in [-0.1, -0.05) is 11.2 Å². The van der Waals surface area contributed by atoms with Crippen LogP contribution >= 0.6 is 11.3 Å². The highest BCUT2D eigenvalue weighted by Gasteiger charge is 2.20. The summed E-state index contributed by atoms with van der Waals surface area (Å²) in [5, 5.41) is 5.92. The van der Waals surface area contributed by atoms with Gasteiger partial charge in [0.1, 0.15) is 0 Å². The SMILES string of the molecule is O=C1CCCN1CCc1nc(-c2cccs2)no1. The van der Waals surface area contributed by atoms with Gasteiger partial charge in [-0.2, -0.15) is 4.98 Å². The van der Waals surface area contributed by atoms with Gasteiger partial charge in [-0.15, -0.1) is 11.3 Å². The normalized spacial score (nSPS) is 15.6. The van der Waals surface area contributed by atoms with E-state index in [1.54, 1.807) is 11.3 Å². The first kappa shape index (κ1) is 11.4. The molecule has 0 aliphatic carbocycles. The summed E-state index contributed by atoms with van der Waals surface area (Å²) in [6, 6.07) is 3.92. The van der Waals surface area contributed by atoms with Gasteiger partial charge in [0.15, 0.2) is 0 Å². The molecule has 0 radical (unpaired) electrons. The standard InChI is InChI=1S/C12H13N3O2S/c16-11-4-1-6-15(11)7-5-10-13-12(14-17-10)9-3-2-8-18-9/h2-3,8H,1,4-7H2. The van der Waals surface area contributed by atoms with Crippen LogP contribution in [0, 0.1) is 0 Å². The van der Waals surface area contributed by atoms with E-state index in [0.717, 1.165) is 17.8 Å². The molecule has 0 spiro atoms. The molecule has 0 N–H and O–H groups in total. The third-order valence-corrected chi connectivity index (χ3v) is 3.84. The van der Waals surface area contributed by atoms with Crippen LogP contribution in [0.4, 0.5) is 0 Å². The topological polar surface area (TPSA) is 59.2 Å². The molecule has 3 rings (SSSR count). The van der Waals surface area contributed by atoms with Crippen molar-refractivity contribution in [1.82, 2.24) is 15.0 Å². The van der Waals surface area contributed by atoms with Crippen molar-refractivity contribution in [2.45, 2.75) is 19.3 Å². The fraction of sp³-hybridized carbons (Fsp3) is 0.417. The second-order valence-electron chi connectivity index (χ2n) is 4.22. The van der Waals surface area contributed by atoms with Crippen LogP contribution < -0.4 is 0 Å². The molecule has 0 atom stereocenters. The summed E-state index contributed by atoms with van der Waals surface area (Å²) in [5.41, 5.74) is 0. The Kier molecular flexibility index (Phi) is 3.10. The van der Waals surface area contributed by atoms with E-state index in [-0.39, 0.29) is 5.91 Å². The molecule has 0 bridgehead atoms. The van der Waals surface area contributed by atoms with E-state index in [2.05, 4.69) is 10.1 Å². The highest BCUT2D eigenvalue weighted by atomic mass is 32.1. The fourth-order valence-electron chi connectivity index (χ4n) is 2.03. The molecular weight excluding hydrogens is 250 g/mol. The zero-order chi connectivity index (χ0) is 12.4. The van der Waals surface area contributed by atoms with Gasteiger partial charge in [0, 0.05) is 25.9 Å². The lowest BCUT2D eigenvalue weighted by Gasteiger charge is -2.13.